The van der Waals surface area contributed by atoms with E-state index in [0.29, 0.717) is 18.3 Å². The van der Waals surface area contributed by atoms with Gasteiger partial charge < -0.3 is 14.7 Å². The Morgan fingerprint density at radius 3 is 2.67 bits per heavy atom. The molecule has 3 heterocycles. The Hall–Kier alpha value is -2.25. The lowest BCUT2D eigenvalue weighted by atomic mass is 9.96. The number of rotatable bonds is 8. The van der Waals surface area contributed by atoms with E-state index in [1.54, 1.807) is 0 Å². The molecule has 0 bridgehead atoms. The van der Waals surface area contributed by atoms with E-state index in [4.69, 9.17) is 4.52 Å². The second-order valence-corrected chi connectivity index (χ2v) is 8.57. The molecular weight excluding hydrogens is 378 g/mol. The molecule has 2 aliphatic rings. The molecule has 4 rings (SSSR count). The minimum absolute atomic E-state index is 0.123. The van der Waals surface area contributed by atoms with Crippen LogP contribution < -0.4 is 5.32 Å². The van der Waals surface area contributed by atoms with E-state index in [1.165, 1.54) is 25.9 Å². The van der Waals surface area contributed by atoms with E-state index < -0.39 is 0 Å². The topological polar surface area (TPSA) is 74.5 Å². The summed E-state index contributed by atoms with van der Waals surface area (Å²) >= 11 is 0. The summed E-state index contributed by atoms with van der Waals surface area (Å²) in [4.78, 5) is 21.8. The van der Waals surface area contributed by atoms with Crippen molar-refractivity contribution in [1.82, 2.24) is 25.3 Å². The fraction of sp³-hybridized carbons (Fsp3) is 0.609. The zero-order chi connectivity index (χ0) is 20.8. The summed E-state index contributed by atoms with van der Waals surface area (Å²) in [7, 11) is 0. The van der Waals surface area contributed by atoms with Gasteiger partial charge in [-0.25, -0.2) is 0 Å². The highest BCUT2D eigenvalue weighted by Gasteiger charge is 2.26. The van der Waals surface area contributed by atoms with Gasteiger partial charge in [-0.2, -0.15) is 4.98 Å². The molecule has 2 fully saturated rings. The highest BCUT2D eigenvalue weighted by molar-refractivity contribution is 5.78. The predicted octanol–water partition coefficient (Wildman–Crippen LogP) is 2.86. The van der Waals surface area contributed by atoms with E-state index in [0.717, 1.165) is 56.6 Å². The molecule has 1 N–H and O–H groups in total. The van der Waals surface area contributed by atoms with Crippen LogP contribution in [0, 0.1) is 12.8 Å². The third kappa shape index (κ3) is 5.46. The summed E-state index contributed by atoms with van der Waals surface area (Å²) < 4.78 is 5.47. The van der Waals surface area contributed by atoms with Gasteiger partial charge in [-0.15, -0.1) is 0 Å². The lowest BCUT2D eigenvalue weighted by Gasteiger charge is -2.30. The summed E-state index contributed by atoms with van der Waals surface area (Å²) in [6.07, 6.45) is 5.46. The smallest absolute Gasteiger partial charge is 0.241 e. The highest BCUT2D eigenvalue weighted by atomic mass is 16.5. The molecule has 2 aliphatic heterocycles. The summed E-state index contributed by atoms with van der Waals surface area (Å²) in [6.45, 7) is 8.79. The maximum atomic E-state index is 12.5. The average molecular weight is 412 g/mol. The second kappa shape index (κ2) is 10.2. The molecule has 0 aliphatic carbocycles. The number of nitrogens with one attached hydrogen (secondary N) is 1. The molecule has 0 atom stereocenters. The van der Waals surface area contributed by atoms with Crippen molar-refractivity contribution >= 4 is 5.91 Å². The van der Waals surface area contributed by atoms with Crippen LogP contribution in [0.25, 0.3) is 11.4 Å². The number of aromatic nitrogens is 2. The molecule has 1 aromatic heterocycles. The Morgan fingerprint density at radius 1 is 1.13 bits per heavy atom. The molecule has 0 unspecified atom stereocenters. The maximum Gasteiger partial charge on any atom is 0.241 e. The van der Waals surface area contributed by atoms with Gasteiger partial charge in [0.15, 0.2) is 0 Å². The minimum atomic E-state index is 0.123. The van der Waals surface area contributed by atoms with E-state index in [2.05, 4.69) is 25.3 Å². The third-order valence-corrected chi connectivity index (χ3v) is 6.32. The number of likely N-dealkylation sites (tertiary alicyclic amines) is 2. The van der Waals surface area contributed by atoms with Gasteiger partial charge in [0.2, 0.25) is 17.6 Å². The summed E-state index contributed by atoms with van der Waals surface area (Å²) in [5.74, 6) is 1.62. The van der Waals surface area contributed by atoms with Crippen molar-refractivity contribution in [2.45, 2.75) is 45.6 Å². The maximum absolute atomic E-state index is 12.5. The molecule has 7 heteroatoms. The first-order chi connectivity index (χ1) is 14.7. The highest BCUT2D eigenvalue weighted by Crippen LogP contribution is 2.22. The molecule has 2 saturated heterocycles. The number of benzene rings is 1. The summed E-state index contributed by atoms with van der Waals surface area (Å²) in [5, 5.41) is 7.29. The molecule has 30 heavy (non-hydrogen) atoms. The molecule has 162 valence electrons. The number of carbonyl (C=O) groups is 1. The van der Waals surface area contributed by atoms with Crippen LogP contribution in [0.2, 0.25) is 0 Å². The van der Waals surface area contributed by atoms with Crippen LogP contribution >= 0.6 is 0 Å². The van der Waals surface area contributed by atoms with E-state index in [-0.39, 0.29) is 11.8 Å². The molecular formula is C23H33N5O2. The first kappa shape index (κ1) is 21.0. The third-order valence-electron chi connectivity index (χ3n) is 6.32. The largest absolute Gasteiger partial charge is 0.356 e. The molecule has 0 spiro atoms. The van der Waals surface area contributed by atoms with Crippen molar-refractivity contribution in [3.05, 3.63) is 35.7 Å². The lowest BCUT2D eigenvalue weighted by molar-refractivity contribution is -0.126. The minimum Gasteiger partial charge on any atom is -0.356 e. The fourth-order valence-corrected chi connectivity index (χ4v) is 4.46. The zero-order valence-corrected chi connectivity index (χ0v) is 18.0. The predicted molar refractivity (Wildman–Crippen MR) is 116 cm³/mol. The van der Waals surface area contributed by atoms with Crippen LogP contribution in [0.3, 0.4) is 0 Å². The van der Waals surface area contributed by atoms with Crippen LogP contribution in [0.1, 0.15) is 43.6 Å². The first-order valence-electron chi connectivity index (χ1n) is 11.3. The normalized spacial score (nSPS) is 18.7. The van der Waals surface area contributed by atoms with Crippen LogP contribution in [0.5, 0.6) is 0 Å². The number of carbonyl (C=O) groups excluding carboxylic acids is 1. The molecule has 7 nitrogen and oxygen atoms in total. The first-order valence-corrected chi connectivity index (χ1v) is 11.3. The molecule has 1 aromatic carbocycles. The standard InChI is InChI=1S/C23H33N5O2/c1-18-7-2-3-8-20(18)22-25-21(30-26-22)17-28-15-9-19(10-16-28)23(29)24-11-6-14-27-12-4-5-13-27/h2-3,7-8,19H,4-6,9-17H2,1H3,(H,24,29). The van der Waals surface area contributed by atoms with Gasteiger partial charge in [0.05, 0.1) is 6.54 Å². The quantitative estimate of drug-likeness (QED) is 0.674. The van der Waals surface area contributed by atoms with Gasteiger partial charge in [0, 0.05) is 18.0 Å². The number of nitrogens with zero attached hydrogens (tertiary/aromatic N) is 4. The van der Waals surface area contributed by atoms with Gasteiger partial charge in [-0.3, -0.25) is 9.69 Å². The van der Waals surface area contributed by atoms with Gasteiger partial charge >= 0.3 is 0 Å². The van der Waals surface area contributed by atoms with E-state index in [1.807, 2.05) is 31.2 Å². The second-order valence-electron chi connectivity index (χ2n) is 8.57. The van der Waals surface area contributed by atoms with E-state index in [9.17, 15) is 4.79 Å². The van der Waals surface area contributed by atoms with Crippen molar-refractivity contribution in [1.29, 1.82) is 0 Å². The average Bonchev–Trinajstić information content (AvgIpc) is 3.44. The van der Waals surface area contributed by atoms with Crippen molar-refractivity contribution in [2.24, 2.45) is 5.92 Å². The Labute approximate surface area is 178 Å². The van der Waals surface area contributed by atoms with Crippen molar-refractivity contribution in [3.63, 3.8) is 0 Å². The van der Waals surface area contributed by atoms with Gasteiger partial charge in [0.1, 0.15) is 0 Å². The number of hydrogen-bond acceptors (Lipinski definition) is 6. The van der Waals surface area contributed by atoms with Crippen LogP contribution in [0.4, 0.5) is 0 Å². The van der Waals surface area contributed by atoms with Crippen molar-refractivity contribution in [2.75, 3.05) is 39.3 Å². The summed E-state index contributed by atoms with van der Waals surface area (Å²) in [5.41, 5.74) is 2.14. The van der Waals surface area contributed by atoms with Crippen LogP contribution in [-0.2, 0) is 11.3 Å². The zero-order valence-electron chi connectivity index (χ0n) is 18.0. The Morgan fingerprint density at radius 2 is 1.90 bits per heavy atom. The number of aryl methyl sites for hydroxylation is 1. The SMILES string of the molecule is Cc1ccccc1-c1noc(CN2CCC(C(=O)NCCCN3CCCC3)CC2)n1. The van der Waals surface area contributed by atoms with Crippen LogP contribution in [-0.4, -0.2) is 65.1 Å². The molecule has 0 radical (unpaired) electrons. The lowest BCUT2D eigenvalue weighted by Crippen LogP contribution is -2.40. The van der Waals surface area contributed by atoms with E-state index >= 15 is 0 Å². The Bertz CT molecular complexity index is 823. The number of piperidine rings is 1. The monoisotopic (exact) mass is 411 g/mol. The number of hydrogen-bond donors (Lipinski definition) is 1. The fourth-order valence-electron chi connectivity index (χ4n) is 4.46. The summed E-state index contributed by atoms with van der Waals surface area (Å²) in [6, 6.07) is 8.06. The van der Waals surface area contributed by atoms with Crippen LogP contribution in [0.15, 0.2) is 28.8 Å². The number of amides is 1. The Kier molecular flexibility index (Phi) is 7.12. The molecule has 0 saturated carbocycles. The molecule has 1 amide bonds. The van der Waals surface area contributed by atoms with Crippen molar-refractivity contribution < 1.29 is 9.32 Å². The van der Waals surface area contributed by atoms with Gasteiger partial charge in [0.25, 0.3) is 0 Å². The van der Waals surface area contributed by atoms with Gasteiger partial charge in [-0.05, 0) is 77.3 Å². The van der Waals surface area contributed by atoms with Gasteiger partial charge in [-0.1, -0.05) is 29.4 Å². The van der Waals surface area contributed by atoms with Crippen molar-refractivity contribution in [3.8, 4) is 11.4 Å². The molecule has 2 aromatic rings. The Balaban J connectivity index is 1.17.